The molecular weight excluding hydrogens is 406 g/mol. The molecule has 0 bridgehead atoms. The van der Waals surface area contributed by atoms with E-state index in [0.29, 0.717) is 17.4 Å². The minimum absolute atomic E-state index is 0.0560. The fraction of sp³-hybridized carbons (Fsp3) is 0.150. The van der Waals surface area contributed by atoms with Crippen molar-refractivity contribution in [1.82, 2.24) is 15.8 Å². The van der Waals surface area contributed by atoms with Gasteiger partial charge in [-0.3, -0.25) is 9.59 Å². The second-order valence-electron chi connectivity index (χ2n) is 6.20. The average Bonchev–Trinajstić information content (AvgIpc) is 3.21. The smallest absolute Gasteiger partial charge is 0.355 e. The van der Waals surface area contributed by atoms with Crippen LogP contribution in [0.15, 0.2) is 59.1 Å². The molecular formula is C20H15F4N3O3. The van der Waals surface area contributed by atoms with E-state index >= 15 is 0 Å². The lowest BCUT2D eigenvalue weighted by Crippen LogP contribution is -2.37. The Morgan fingerprint density at radius 3 is 2.43 bits per heavy atom. The van der Waals surface area contributed by atoms with Gasteiger partial charge >= 0.3 is 6.18 Å². The van der Waals surface area contributed by atoms with E-state index in [1.807, 2.05) is 6.07 Å². The van der Waals surface area contributed by atoms with E-state index < -0.39 is 42.5 Å². The van der Waals surface area contributed by atoms with Crippen molar-refractivity contribution >= 4 is 11.8 Å². The SMILES string of the molecule is O=C(CNC(=O)c1cc(-c2ccccc2)on1)NCc1ccc(F)cc1C(F)(F)F. The summed E-state index contributed by atoms with van der Waals surface area (Å²) < 4.78 is 57.1. The van der Waals surface area contributed by atoms with Crippen LogP contribution in [-0.2, 0) is 17.5 Å². The van der Waals surface area contributed by atoms with Gasteiger partial charge in [0.1, 0.15) is 5.82 Å². The molecule has 0 saturated heterocycles. The van der Waals surface area contributed by atoms with Crippen molar-refractivity contribution in [3.8, 4) is 11.3 Å². The largest absolute Gasteiger partial charge is 0.416 e. The average molecular weight is 421 g/mol. The van der Waals surface area contributed by atoms with Crippen LogP contribution in [0.4, 0.5) is 17.6 Å². The summed E-state index contributed by atoms with van der Waals surface area (Å²) in [7, 11) is 0. The highest BCUT2D eigenvalue weighted by Crippen LogP contribution is 2.32. The molecule has 1 heterocycles. The van der Waals surface area contributed by atoms with E-state index in [1.54, 1.807) is 24.3 Å². The second-order valence-corrected chi connectivity index (χ2v) is 6.20. The summed E-state index contributed by atoms with van der Waals surface area (Å²) in [6.07, 6.45) is -4.76. The summed E-state index contributed by atoms with van der Waals surface area (Å²) in [6, 6.07) is 12.5. The minimum Gasteiger partial charge on any atom is -0.355 e. The van der Waals surface area contributed by atoms with Gasteiger partial charge in [-0.1, -0.05) is 41.6 Å². The number of nitrogens with zero attached hydrogens (tertiary/aromatic N) is 1. The van der Waals surface area contributed by atoms with Gasteiger partial charge in [-0.25, -0.2) is 4.39 Å². The number of carbonyl (C=O) groups is 2. The zero-order chi connectivity index (χ0) is 21.7. The van der Waals surface area contributed by atoms with Crippen LogP contribution in [0.1, 0.15) is 21.6 Å². The van der Waals surface area contributed by atoms with Crippen LogP contribution in [0.2, 0.25) is 0 Å². The zero-order valence-electron chi connectivity index (χ0n) is 15.3. The lowest BCUT2D eigenvalue weighted by molar-refractivity contribution is -0.138. The first-order valence-corrected chi connectivity index (χ1v) is 8.66. The number of benzene rings is 2. The monoisotopic (exact) mass is 421 g/mol. The van der Waals surface area contributed by atoms with Crippen molar-refractivity contribution < 1.29 is 31.7 Å². The molecule has 0 aliphatic rings. The second kappa shape index (κ2) is 8.76. The van der Waals surface area contributed by atoms with Crippen LogP contribution >= 0.6 is 0 Å². The summed E-state index contributed by atoms with van der Waals surface area (Å²) in [5.74, 6) is -2.09. The van der Waals surface area contributed by atoms with Crippen LogP contribution in [0.5, 0.6) is 0 Å². The summed E-state index contributed by atoms with van der Waals surface area (Å²) in [5, 5.41) is 8.18. The Labute approximate surface area is 167 Å². The van der Waals surface area contributed by atoms with Crippen molar-refractivity contribution in [1.29, 1.82) is 0 Å². The van der Waals surface area contributed by atoms with Crippen molar-refractivity contribution in [3.63, 3.8) is 0 Å². The first-order valence-electron chi connectivity index (χ1n) is 8.66. The van der Waals surface area contributed by atoms with Crippen LogP contribution in [0.25, 0.3) is 11.3 Å². The van der Waals surface area contributed by atoms with Crippen LogP contribution in [-0.4, -0.2) is 23.5 Å². The molecule has 0 radical (unpaired) electrons. The number of rotatable bonds is 6. The topological polar surface area (TPSA) is 84.2 Å². The lowest BCUT2D eigenvalue weighted by Gasteiger charge is -2.13. The van der Waals surface area contributed by atoms with E-state index in [9.17, 15) is 27.2 Å². The first-order chi connectivity index (χ1) is 14.2. The quantitative estimate of drug-likeness (QED) is 0.597. The molecule has 30 heavy (non-hydrogen) atoms. The maximum Gasteiger partial charge on any atom is 0.416 e. The van der Waals surface area contributed by atoms with E-state index in [2.05, 4.69) is 15.8 Å². The van der Waals surface area contributed by atoms with Gasteiger partial charge in [-0.15, -0.1) is 0 Å². The number of alkyl halides is 3. The van der Waals surface area contributed by atoms with Gasteiger partial charge in [-0.2, -0.15) is 13.2 Å². The summed E-state index contributed by atoms with van der Waals surface area (Å²) in [5.41, 5.74) is -0.823. The van der Waals surface area contributed by atoms with Gasteiger partial charge in [0, 0.05) is 18.2 Å². The molecule has 0 saturated carbocycles. The van der Waals surface area contributed by atoms with E-state index in [1.165, 1.54) is 6.07 Å². The molecule has 0 aliphatic carbocycles. The Balaban J connectivity index is 1.54. The van der Waals surface area contributed by atoms with Gasteiger partial charge in [0.05, 0.1) is 12.1 Å². The normalized spacial score (nSPS) is 11.2. The number of hydrogen-bond acceptors (Lipinski definition) is 4. The number of nitrogens with one attached hydrogen (secondary N) is 2. The molecule has 3 rings (SSSR count). The standard InChI is InChI=1S/C20H15F4N3O3/c21-14-7-6-13(15(8-14)20(22,23)24)10-25-18(28)11-26-19(29)16-9-17(30-27-16)12-4-2-1-3-5-12/h1-9H,10-11H2,(H,25,28)(H,26,29). The summed E-state index contributed by atoms with van der Waals surface area (Å²) in [6.45, 7) is -0.971. The Kier molecular flexibility index (Phi) is 6.14. The van der Waals surface area contributed by atoms with Gasteiger partial charge in [0.2, 0.25) is 5.91 Å². The molecule has 0 fully saturated rings. The van der Waals surface area contributed by atoms with Gasteiger partial charge in [0.15, 0.2) is 11.5 Å². The molecule has 0 aliphatic heterocycles. The molecule has 10 heteroatoms. The highest BCUT2D eigenvalue weighted by molar-refractivity contribution is 5.95. The van der Waals surface area contributed by atoms with E-state index in [0.717, 1.165) is 12.1 Å². The number of halogens is 4. The maximum atomic E-state index is 13.1. The molecule has 0 spiro atoms. The fourth-order valence-corrected chi connectivity index (χ4v) is 2.59. The molecule has 2 N–H and O–H groups in total. The molecule has 156 valence electrons. The van der Waals surface area contributed by atoms with Crippen molar-refractivity contribution in [2.24, 2.45) is 0 Å². The highest BCUT2D eigenvalue weighted by atomic mass is 19.4. The van der Waals surface area contributed by atoms with Gasteiger partial charge < -0.3 is 15.2 Å². The summed E-state index contributed by atoms with van der Waals surface area (Å²) in [4.78, 5) is 24.0. The fourth-order valence-electron chi connectivity index (χ4n) is 2.59. The number of aromatic nitrogens is 1. The Hall–Kier alpha value is -3.69. The van der Waals surface area contributed by atoms with Crippen molar-refractivity contribution in [2.45, 2.75) is 12.7 Å². The molecule has 0 unspecified atom stereocenters. The Morgan fingerprint density at radius 1 is 1.00 bits per heavy atom. The first kappa shape index (κ1) is 21.0. The zero-order valence-corrected chi connectivity index (χ0v) is 15.3. The Morgan fingerprint density at radius 2 is 1.73 bits per heavy atom. The predicted molar refractivity (Wildman–Crippen MR) is 97.5 cm³/mol. The maximum absolute atomic E-state index is 13.1. The third-order valence-electron chi connectivity index (χ3n) is 4.06. The third kappa shape index (κ3) is 5.22. The lowest BCUT2D eigenvalue weighted by atomic mass is 10.1. The van der Waals surface area contributed by atoms with E-state index in [-0.39, 0.29) is 11.3 Å². The van der Waals surface area contributed by atoms with Crippen molar-refractivity contribution in [3.05, 3.63) is 77.2 Å². The summed E-state index contributed by atoms with van der Waals surface area (Å²) >= 11 is 0. The predicted octanol–water partition coefficient (Wildman–Crippen LogP) is 3.55. The third-order valence-corrected chi connectivity index (χ3v) is 4.06. The number of carbonyl (C=O) groups excluding carboxylic acids is 2. The van der Waals surface area contributed by atoms with Crippen LogP contribution in [0, 0.1) is 5.82 Å². The molecule has 2 aromatic carbocycles. The van der Waals surface area contributed by atoms with E-state index in [4.69, 9.17) is 4.52 Å². The van der Waals surface area contributed by atoms with Crippen LogP contribution < -0.4 is 10.6 Å². The van der Waals surface area contributed by atoms with Crippen LogP contribution in [0.3, 0.4) is 0 Å². The van der Waals surface area contributed by atoms with Crippen molar-refractivity contribution in [2.75, 3.05) is 6.54 Å². The number of hydrogen-bond donors (Lipinski definition) is 2. The van der Waals surface area contributed by atoms with Gasteiger partial charge in [0.25, 0.3) is 5.91 Å². The molecule has 6 nitrogen and oxygen atoms in total. The minimum atomic E-state index is -4.76. The molecule has 0 atom stereocenters. The highest BCUT2D eigenvalue weighted by Gasteiger charge is 2.33. The molecule has 2 amide bonds. The Bertz CT molecular complexity index is 1050. The molecule has 1 aromatic heterocycles. The number of amides is 2. The van der Waals surface area contributed by atoms with Gasteiger partial charge in [-0.05, 0) is 17.7 Å². The molecule has 3 aromatic rings.